The number of hydrogen-bond acceptors (Lipinski definition) is 3. The quantitative estimate of drug-likeness (QED) is 0.706. The van der Waals surface area contributed by atoms with Gasteiger partial charge in [0.1, 0.15) is 0 Å². The number of nitrogens with zero attached hydrogens (tertiary/aromatic N) is 1. The van der Waals surface area contributed by atoms with Gasteiger partial charge in [-0.05, 0) is 24.7 Å². The topological polar surface area (TPSA) is 36.4 Å². The summed E-state index contributed by atoms with van der Waals surface area (Å²) in [7, 11) is 0. The van der Waals surface area contributed by atoms with Gasteiger partial charge in [0, 0.05) is 12.6 Å². The molecule has 2 aliphatic carbocycles. The van der Waals surface area contributed by atoms with Crippen molar-refractivity contribution in [2.24, 2.45) is 16.8 Å². The minimum atomic E-state index is 0. The van der Waals surface area contributed by atoms with E-state index < -0.39 is 0 Å². The normalized spacial score (nSPS) is 40.0. The Balaban J connectivity index is 0.000000653. The Morgan fingerprint density at radius 1 is 1.31 bits per heavy atom. The van der Waals surface area contributed by atoms with E-state index in [0.29, 0.717) is 0 Å². The second kappa shape index (κ2) is 3.63. The number of fused-ring (bicyclic) bond motifs is 1. The highest BCUT2D eigenvalue weighted by Gasteiger charge is 2.52. The minimum Gasteiger partial charge on any atom is -0.355 e. The van der Waals surface area contributed by atoms with Gasteiger partial charge in [-0.2, -0.15) is 0 Å². The molecule has 2 unspecified atom stereocenters. The van der Waals surface area contributed by atoms with Gasteiger partial charge in [-0.25, -0.2) is 0 Å². The van der Waals surface area contributed by atoms with Crippen molar-refractivity contribution >= 4 is 29.9 Å². The molecule has 2 fully saturated rings. The molecule has 2 atom stereocenters. The lowest BCUT2D eigenvalue weighted by Gasteiger charge is -2.07. The second-order valence-electron chi connectivity index (χ2n) is 4.09. The average molecular weight is 293 g/mol. The first-order valence-electron chi connectivity index (χ1n) is 5.00. The standard InChI is InChI=1S/C9H15N3.HI/c1-2-6-7(3-1)8(6)12-9-10-4-5-11-9;/h6-8H,1-5H2,(H2,10,11,12);1H. The number of hydrogen-bond donors (Lipinski definition) is 2. The zero-order chi connectivity index (χ0) is 7.97. The predicted molar refractivity (Wildman–Crippen MR) is 63.5 cm³/mol. The van der Waals surface area contributed by atoms with Crippen LogP contribution >= 0.6 is 24.0 Å². The first kappa shape index (κ1) is 9.55. The summed E-state index contributed by atoms with van der Waals surface area (Å²) in [5.41, 5.74) is 0. The molecule has 0 aromatic heterocycles. The number of rotatable bonds is 1. The van der Waals surface area contributed by atoms with Crippen LogP contribution in [-0.4, -0.2) is 25.1 Å². The minimum absolute atomic E-state index is 0. The Morgan fingerprint density at radius 3 is 2.69 bits per heavy atom. The molecule has 0 amide bonds. The van der Waals surface area contributed by atoms with Crippen LogP contribution in [-0.2, 0) is 0 Å². The van der Waals surface area contributed by atoms with Crippen LogP contribution in [0, 0.1) is 11.8 Å². The van der Waals surface area contributed by atoms with Gasteiger partial charge in [0.15, 0.2) is 5.96 Å². The predicted octanol–water partition coefficient (Wildman–Crippen LogP) is 0.952. The molecule has 2 N–H and O–H groups in total. The van der Waals surface area contributed by atoms with E-state index in [4.69, 9.17) is 0 Å². The zero-order valence-electron chi connectivity index (χ0n) is 7.62. The van der Waals surface area contributed by atoms with Crippen LogP contribution < -0.4 is 10.6 Å². The van der Waals surface area contributed by atoms with E-state index in [2.05, 4.69) is 15.6 Å². The third kappa shape index (κ3) is 1.65. The molecule has 0 aromatic rings. The Kier molecular flexibility index (Phi) is 2.67. The van der Waals surface area contributed by atoms with E-state index >= 15 is 0 Å². The van der Waals surface area contributed by atoms with Crippen LogP contribution in [0.25, 0.3) is 0 Å². The molecule has 3 nitrogen and oxygen atoms in total. The fourth-order valence-corrected chi connectivity index (χ4v) is 2.69. The van der Waals surface area contributed by atoms with E-state index in [1.165, 1.54) is 19.3 Å². The molecule has 0 radical (unpaired) electrons. The van der Waals surface area contributed by atoms with Crippen LogP contribution in [0.3, 0.4) is 0 Å². The first-order valence-corrected chi connectivity index (χ1v) is 5.00. The summed E-state index contributed by atoms with van der Waals surface area (Å²) in [4.78, 5) is 4.34. The molecule has 74 valence electrons. The summed E-state index contributed by atoms with van der Waals surface area (Å²) in [5.74, 6) is 3.01. The summed E-state index contributed by atoms with van der Waals surface area (Å²) in [5, 5.41) is 6.75. The van der Waals surface area contributed by atoms with Gasteiger partial charge in [-0.15, -0.1) is 24.0 Å². The molecule has 3 rings (SSSR count). The van der Waals surface area contributed by atoms with Crippen LogP contribution in [0.2, 0.25) is 0 Å². The number of aliphatic imine (C=N–C) groups is 1. The average Bonchev–Trinajstić information content (AvgIpc) is 2.59. The van der Waals surface area contributed by atoms with Crippen molar-refractivity contribution in [3.05, 3.63) is 0 Å². The molecule has 2 saturated carbocycles. The highest BCUT2D eigenvalue weighted by Crippen LogP contribution is 2.51. The van der Waals surface area contributed by atoms with Gasteiger partial charge in [0.2, 0.25) is 0 Å². The molecule has 1 aliphatic heterocycles. The smallest absolute Gasteiger partial charge is 0.191 e. The van der Waals surface area contributed by atoms with E-state index in [0.717, 1.165) is 36.9 Å². The monoisotopic (exact) mass is 293 g/mol. The van der Waals surface area contributed by atoms with E-state index in [1.54, 1.807) is 0 Å². The van der Waals surface area contributed by atoms with E-state index in [1.807, 2.05) is 0 Å². The van der Waals surface area contributed by atoms with Gasteiger partial charge in [-0.3, -0.25) is 4.99 Å². The highest BCUT2D eigenvalue weighted by atomic mass is 127. The maximum Gasteiger partial charge on any atom is 0.191 e. The third-order valence-corrected chi connectivity index (χ3v) is 3.38. The summed E-state index contributed by atoms with van der Waals surface area (Å²) in [6.07, 6.45) is 4.33. The molecular formula is C9H16IN3. The second-order valence-corrected chi connectivity index (χ2v) is 4.09. The maximum atomic E-state index is 4.34. The van der Waals surface area contributed by atoms with Gasteiger partial charge >= 0.3 is 0 Å². The Bertz CT molecular complexity index is 219. The molecule has 3 aliphatic rings. The SMILES string of the molecule is C1CC2C(C1)C2NC1=NCCN1.I. The van der Waals surface area contributed by atoms with Gasteiger partial charge in [0.05, 0.1) is 6.54 Å². The van der Waals surface area contributed by atoms with Crippen molar-refractivity contribution in [3.63, 3.8) is 0 Å². The third-order valence-electron chi connectivity index (χ3n) is 3.38. The Morgan fingerprint density at radius 2 is 2.08 bits per heavy atom. The Labute approximate surface area is 95.8 Å². The summed E-state index contributed by atoms with van der Waals surface area (Å²) < 4.78 is 0. The lowest BCUT2D eigenvalue weighted by Crippen LogP contribution is -2.36. The number of nitrogens with one attached hydrogen (secondary N) is 2. The highest BCUT2D eigenvalue weighted by molar-refractivity contribution is 14.0. The molecule has 4 heteroatoms. The van der Waals surface area contributed by atoms with Crippen molar-refractivity contribution < 1.29 is 0 Å². The van der Waals surface area contributed by atoms with Crippen LogP contribution in [0.1, 0.15) is 19.3 Å². The maximum absolute atomic E-state index is 4.34. The van der Waals surface area contributed by atoms with E-state index in [-0.39, 0.29) is 24.0 Å². The summed E-state index contributed by atoms with van der Waals surface area (Å²) >= 11 is 0. The molecule has 0 saturated heterocycles. The molecule has 1 heterocycles. The van der Waals surface area contributed by atoms with Crippen molar-refractivity contribution in [3.8, 4) is 0 Å². The summed E-state index contributed by atoms with van der Waals surface area (Å²) in [6, 6.07) is 0.767. The molecule has 13 heavy (non-hydrogen) atoms. The largest absolute Gasteiger partial charge is 0.355 e. The number of halogens is 1. The van der Waals surface area contributed by atoms with Crippen molar-refractivity contribution in [1.82, 2.24) is 10.6 Å². The van der Waals surface area contributed by atoms with Gasteiger partial charge in [-0.1, -0.05) is 6.42 Å². The van der Waals surface area contributed by atoms with Gasteiger partial charge < -0.3 is 10.6 Å². The van der Waals surface area contributed by atoms with E-state index in [9.17, 15) is 0 Å². The molecule has 0 bridgehead atoms. The van der Waals surface area contributed by atoms with Crippen molar-refractivity contribution in [1.29, 1.82) is 0 Å². The first-order chi connectivity index (χ1) is 5.95. The fourth-order valence-electron chi connectivity index (χ4n) is 2.69. The van der Waals surface area contributed by atoms with Gasteiger partial charge in [0.25, 0.3) is 0 Å². The van der Waals surface area contributed by atoms with Crippen LogP contribution in [0.5, 0.6) is 0 Å². The van der Waals surface area contributed by atoms with Crippen LogP contribution in [0.4, 0.5) is 0 Å². The van der Waals surface area contributed by atoms with Crippen molar-refractivity contribution in [2.45, 2.75) is 25.3 Å². The van der Waals surface area contributed by atoms with Crippen molar-refractivity contribution in [2.75, 3.05) is 13.1 Å². The Hall–Kier alpha value is 0. The molecular weight excluding hydrogens is 277 g/mol. The lowest BCUT2D eigenvalue weighted by atomic mass is 10.2. The molecule has 0 spiro atoms. The molecule has 0 aromatic carbocycles. The number of guanidine groups is 1. The zero-order valence-corrected chi connectivity index (χ0v) is 9.95. The van der Waals surface area contributed by atoms with Crippen LogP contribution in [0.15, 0.2) is 4.99 Å². The fraction of sp³-hybridized carbons (Fsp3) is 0.889. The summed E-state index contributed by atoms with van der Waals surface area (Å²) in [6.45, 7) is 1.97. The lowest BCUT2D eigenvalue weighted by molar-refractivity contribution is 0.632.